The van der Waals surface area contributed by atoms with Crippen LogP contribution in [0.1, 0.15) is 6.85 Å². The second-order valence-electron chi connectivity index (χ2n) is 13.3. The van der Waals surface area contributed by atoms with Crippen molar-refractivity contribution in [1.82, 2.24) is 0 Å². The summed E-state index contributed by atoms with van der Waals surface area (Å²) in [6, 6.07) is 60.1. The summed E-state index contributed by atoms with van der Waals surface area (Å²) < 4.78 is 49.3. The molecule has 10 aromatic rings. The molecule has 0 bridgehead atoms. The second-order valence-corrected chi connectivity index (χ2v) is 13.3. The Kier molecular flexibility index (Phi) is 6.61. The van der Waals surface area contributed by atoms with Gasteiger partial charge in [-0.1, -0.05) is 176 Å². The lowest BCUT2D eigenvalue weighted by molar-refractivity contribution is 0.670. The first-order chi connectivity index (χ1) is 28.9. The Bertz CT molecular complexity index is 3170. The number of furan rings is 1. The molecule has 0 saturated carbocycles. The molecule has 0 amide bonds. The number of nitrogens with zero attached hydrogens (tertiary/aromatic N) is 1. The lowest BCUT2D eigenvalue weighted by Gasteiger charge is -2.28. The molecule has 1 heterocycles. The van der Waals surface area contributed by atoms with Gasteiger partial charge in [-0.05, 0) is 80.6 Å². The van der Waals surface area contributed by atoms with Gasteiger partial charge in [-0.2, -0.15) is 0 Å². The minimum Gasteiger partial charge on any atom is -0.455 e. The molecule has 0 spiro atoms. The highest BCUT2D eigenvalue weighted by molar-refractivity contribution is 6.09. The Hall–Kier alpha value is -7.16. The van der Waals surface area contributed by atoms with Gasteiger partial charge in [0.05, 0.1) is 12.5 Å². The van der Waals surface area contributed by atoms with Crippen LogP contribution in [0.4, 0.5) is 17.1 Å². The molecule has 2 heteroatoms. The van der Waals surface area contributed by atoms with Crippen molar-refractivity contribution in [2.75, 3.05) is 4.90 Å². The van der Waals surface area contributed by atoms with Gasteiger partial charge in [0.15, 0.2) is 0 Å². The molecule has 0 N–H and O–H groups in total. The van der Waals surface area contributed by atoms with Gasteiger partial charge in [0.2, 0.25) is 0 Å². The van der Waals surface area contributed by atoms with Crippen LogP contribution in [0.15, 0.2) is 217 Å². The molecule has 10 rings (SSSR count). The number of anilines is 3. The summed E-state index contributed by atoms with van der Waals surface area (Å²) in [4.78, 5) is 2.08. The lowest BCUT2D eigenvalue weighted by atomic mass is 9.96. The number of hydrogen-bond acceptors (Lipinski definition) is 2. The van der Waals surface area contributed by atoms with Crippen molar-refractivity contribution in [2.45, 2.75) is 0 Å². The van der Waals surface area contributed by atoms with Gasteiger partial charge in [0.25, 0.3) is 0 Å². The molecule has 0 fully saturated rings. The van der Waals surface area contributed by atoms with Gasteiger partial charge in [0, 0.05) is 33.3 Å². The molecule has 0 aliphatic rings. The predicted molar refractivity (Wildman–Crippen MR) is 228 cm³/mol. The zero-order chi connectivity index (χ0) is 40.2. The molecular weight excluding hydrogens is 655 g/mol. The minimum atomic E-state index is -0.422. The van der Waals surface area contributed by atoms with E-state index in [0.717, 1.165) is 61.1 Å². The molecule has 0 aliphatic heterocycles. The zero-order valence-electron chi connectivity index (χ0n) is 34.2. The molecule has 0 saturated heterocycles. The number of fused-ring (bicyclic) bond motifs is 4. The Morgan fingerprint density at radius 3 is 1.67 bits per heavy atom. The van der Waals surface area contributed by atoms with E-state index >= 15 is 0 Å². The summed E-state index contributed by atoms with van der Waals surface area (Å²) in [7, 11) is 0. The van der Waals surface area contributed by atoms with E-state index in [9.17, 15) is 0 Å². The Morgan fingerprint density at radius 2 is 0.889 bits per heavy atom. The highest BCUT2D eigenvalue weighted by Crippen LogP contribution is 2.43. The van der Waals surface area contributed by atoms with Crippen molar-refractivity contribution in [3.8, 4) is 44.5 Å². The van der Waals surface area contributed by atoms with Crippen molar-refractivity contribution in [3.05, 3.63) is 212 Å². The SMILES string of the molecule is [2H]c1c([2H])c([2H])c(-c2ccccc2N(c2ccc(-c3ccc(-c4cccc5ccccc45)cc3)cc2)c2ccc(-c3cccc4c3oc3ccccc34)cc2)c([2H])c1[2H]. The van der Waals surface area contributed by atoms with E-state index in [1.165, 1.54) is 16.3 Å². The fourth-order valence-corrected chi connectivity index (χ4v) is 7.58. The van der Waals surface area contributed by atoms with Crippen molar-refractivity contribution < 1.29 is 11.3 Å². The first-order valence-electron chi connectivity index (χ1n) is 20.5. The monoisotopic (exact) mass is 694 g/mol. The van der Waals surface area contributed by atoms with E-state index in [2.05, 4.69) is 144 Å². The van der Waals surface area contributed by atoms with Crippen molar-refractivity contribution in [3.63, 3.8) is 0 Å². The van der Waals surface area contributed by atoms with Crippen LogP contribution in [0.2, 0.25) is 0 Å². The van der Waals surface area contributed by atoms with E-state index < -0.39 is 6.04 Å². The molecular formula is C52H35NO. The third-order valence-electron chi connectivity index (χ3n) is 10.2. The fraction of sp³-hybridized carbons (Fsp3) is 0. The summed E-state index contributed by atoms with van der Waals surface area (Å²) in [5.41, 5.74) is 11.1. The summed E-state index contributed by atoms with van der Waals surface area (Å²) in [5.74, 6) is 0. The van der Waals surface area contributed by atoms with Gasteiger partial charge in [-0.15, -0.1) is 0 Å². The molecule has 0 radical (unpaired) electrons. The van der Waals surface area contributed by atoms with Crippen LogP contribution in [0, 0.1) is 0 Å². The van der Waals surface area contributed by atoms with Crippen LogP contribution in [0.5, 0.6) is 0 Å². The van der Waals surface area contributed by atoms with Crippen LogP contribution in [-0.4, -0.2) is 0 Å². The average molecular weight is 695 g/mol. The van der Waals surface area contributed by atoms with Gasteiger partial charge in [-0.25, -0.2) is 0 Å². The first-order valence-corrected chi connectivity index (χ1v) is 18.0. The Morgan fingerprint density at radius 1 is 0.370 bits per heavy atom. The van der Waals surface area contributed by atoms with E-state index in [-0.39, 0.29) is 29.7 Å². The predicted octanol–water partition coefficient (Wildman–Crippen LogP) is 14.9. The van der Waals surface area contributed by atoms with Crippen LogP contribution in [0.3, 0.4) is 0 Å². The molecule has 254 valence electrons. The molecule has 0 aliphatic carbocycles. The number of para-hydroxylation sites is 3. The number of hydrogen-bond donors (Lipinski definition) is 0. The van der Waals surface area contributed by atoms with Crippen LogP contribution < -0.4 is 4.90 Å². The molecule has 54 heavy (non-hydrogen) atoms. The topological polar surface area (TPSA) is 16.4 Å². The van der Waals surface area contributed by atoms with E-state index in [4.69, 9.17) is 11.3 Å². The lowest BCUT2D eigenvalue weighted by Crippen LogP contribution is -2.11. The minimum absolute atomic E-state index is 0.146. The molecule has 9 aromatic carbocycles. The van der Waals surface area contributed by atoms with E-state index in [1.54, 1.807) is 0 Å². The Labute approximate surface area is 321 Å². The maximum absolute atomic E-state index is 8.88. The van der Waals surface area contributed by atoms with Crippen LogP contribution >= 0.6 is 0 Å². The van der Waals surface area contributed by atoms with Gasteiger partial charge >= 0.3 is 0 Å². The third kappa shape index (κ3) is 5.62. The molecule has 0 unspecified atom stereocenters. The maximum Gasteiger partial charge on any atom is 0.143 e. The fourth-order valence-electron chi connectivity index (χ4n) is 7.58. The van der Waals surface area contributed by atoms with Crippen molar-refractivity contribution in [2.24, 2.45) is 0 Å². The molecule has 2 nitrogen and oxygen atoms in total. The summed E-state index contributed by atoms with van der Waals surface area (Å²) in [5, 5.41) is 4.55. The highest BCUT2D eigenvalue weighted by atomic mass is 16.3. The van der Waals surface area contributed by atoms with Crippen molar-refractivity contribution in [1.29, 1.82) is 0 Å². The van der Waals surface area contributed by atoms with Crippen LogP contribution in [0.25, 0.3) is 77.2 Å². The average Bonchev–Trinajstić information content (AvgIpc) is 3.68. The van der Waals surface area contributed by atoms with E-state index in [0.29, 0.717) is 11.3 Å². The summed E-state index contributed by atoms with van der Waals surface area (Å²) in [6.07, 6.45) is 0. The third-order valence-corrected chi connectivity index (χ3v) is 10.2. The standard InChI is InChI=1S/C52H35NO/c1-2-12-39(13-3-1)46-17-6-8-22-50(46)53(43-34-30-41(31-35-43)47-20-11-21-49-48-18-7-9-23-51(48)54-52(47)49)42-32-28-37(29-33-42)36-24-26-40(27-25-36)45-19-10-15-38-14-4-5-16-44(38)45/h1-35H/i1D,2D,3D,12D,13D. The number of rotatable bonds is 7. The summed E-state index contributed by atoms with van der Waals surface area (Å²) in [6.45, 7) is 0. The van der Waals surface area contributed by atoms with Gasteiger partial charge < -0.3 is 9.32 Å². The van der Waals surface area contributed by atoms with Gasteiger partial charge in [0.1, 0.15) is 11.2 Å². The quantitative estimate of drug-likeness (QED) is 0.165. The normalized spacial score (nSPS) is 12.6. The smallest absolute Gasteiger partial charge is 0.143 e. The highest BCUT2D eigenvalue weighted by Gasteiger charge is 2.18. The maximum atomic E-state index is 8.88. The second kappa shape index (κ2) is 13.4. The van der Waals surface area contributed by atoms with Crippen LogP contribution in [-0.2, 0) is 0 Å². The van der Waals surface area contributed by atoms with Crippen molar-refractivity contribution >= 4 is 49.8 Å². The number of benzene rings is 9. The largest absolute Gasteiger partial charge is 0.455 e. The first kappa shape index (κ1) is 26.6. The zero-order valence-corrected chi connectivity index (χ0v) is 29.2. The molecule has 1 aromatic heterocycles. The van der Waals surface area contributed by atoms with E-state index in [1.807, 2.05) is 42.5 Å². The van der Waals surface area contributed by atoms with Gasteiger partial charge in [-0.3, -0.25) is 0 Å². The molecule has 0 atom stereocenters. The summed E-state index contributed by atoms with van der Waals surface area (Å²) >= 11 is 0. The Balaban J connectivity index is 1.07.